The van der Waals surface area contributed by atoms with Crippen LogP contribution in [-0.4, -0.2) is 31.9 Å². The maximum absolute atomic E-state index is 5.60. The van der Waals surface area contributed by atoms with E-state index in [4.69, 9.17) is 4.74 Å². The van der Waals surface area contributed by atoms with Crippen LogP contribution in [0.15, 0.2) is 53.9 Å². The van der Waals surface area contributed by atoms with Crippen LogP contribution in [0, 0.1) is 0 Å². The van der Waals surface area contributed by atoms with Gasteiger partial charge < -0.3 is 4.74 Å². The molecule has 6 heteroatoms. The molecule has 0 bridgehead atoms. The molecular weight excluding hydrogens is 260 g/mol. The van der Waals surface area contributed by atoms with Gasteiger partial charge in [0.05, 0.1) is 6.61 Å². The topological polar surface area (TPSA) is 52.3 Å². The van der Waals surface area contributed by atoms with Crippen molar-refractivity contribution in [3.8, 4) is 5.75 Å². The molecule has 0 N–H and O–H groups in total. The van der Waals surface area contributed by atoms with Gasteiger partial charge in [-0.25, -0.2) is 9.50 Å². The lowest BCUT2D eigenvalue weighted by Crippen LogP contribution is -2.00. The van der Waals surface area contributed by atoms with Gasteiger partial charge in [-0.15, -0.1) is 5.10 Å². The van der Waals surface area contributed by atoms with Crippen LogP contribution in [0.1, 0.15) is 0 Å². The number of aromatic nitrogens is 4. The molecule has 0 amide bonds. The lowest BCUT2D eigenvalue weighted by molar-refractivity contribution is 0.344. The van der Waals surface area contributed by atoms with Gasteiger partial charge in [0, 0.05) is 18.1 Å². The Balaban J connectivity index is 1.52. The van der Waals surface area contributed by atoms with E-state index in [1.165, 1.54) is 0 Å². The van der Waals surface area contributed by atoms with Crippen molar-refractivity contribution in [2.45, 2.75) is 5.16 Å². The molecule has 5 nitrogen and oxygen atoms in total. The van der Waals surface area contributed by atoms with E-state index >= 15 is 0 Å². The lowest BCUT2D eigenvalue weighted by atomic mass is 10.3. The van der Waals surface area contributed by atoms with E-state index in [0.29, 0.717) is 12.4 Å². The highest BCUT2D eigenvalue weighted by molar-refractivity contribution is 7.99. The van der Waals surface area contributed by atoms with Crippen LogP contribution in [0.3, 0.4) is 0 Å². The lowest BCUT2D eigenvalue weighted by Gasteiger charge is -2.03. The number of rotatable bonds is 5. The number of hydrogen-bond acceptors (Lipinski definition) is 5. The normalized spacial score (nSPS) is 10.7. The highest BCUT2D eigenvalue weighted by atomic mass is 32.2. The third-order valence-corrected chi connectivity index (χ3v) is 3.23. The Bertz CT molecular complexity index is 623. The Hall–Kier alpha value is -2.08. The average molecular weight is 272 g/mol. The zero-order valence-electron chi connectivity index (χ0n) is 10.1. The largest absolute Gasteiger partial charge is 0.493 e. The first-order valence-corrected chi connectivity index (χ1v) is 6.88. The van der Waals surface area contributed by atoms with Crippen LogP contribution in [0.4, 0.5) is 0 Å². The summed E-state index contributed by atoms with van der Waals surface area (Å²) in [5, 5.41) is 5.03. The SMILES string of the molecule is c1ccc(OCCSc2nc3ncccn3n2)cc1. The maximum Gasteiger partial charge on any atom is 0.253 e. The second kappa shape index (κ2) is 5.71. The first-order chi connectivity index (χ1) is 9.42. The van der Waals surface area contributed by atoms with E-state index in [1.807, 2.05) is 42.6 Å². The maximum atomic E-state index is 5.60. The van der Waals surface area contributed by atoms with Crippen LogP contribution >= 0.6 is 11.8 Å². The summed E-state index contributed by atoms with van der Waals surface area (Å²) in [6, 6.07) is 11.6. The van der Waals surface area contributed by atoms with Gasteiger partial charge in [0.2, 0.25) is 5.16 Å². The molecule has 0 spiro atoms. The van der Waals surface area contributed by atoms with Gasteiger partial charge in [-0.05, 0) is 18.2 Å². The minimum absolute atomic E-state index is 0.619. The molecule has 0 radical (unpaired) electrons. The van der Waals surface area contributed by atoms with Gasteiger partial charge in [-0.1, -0.05) is 30.0 Å². The standard InChI is InChI=1S/C13H12N4OS/c1-2-5-11(6-3-1)18-9-10-19-13-15-12-14-7-4-8-17(12)16-13/h1-8H,9-10H2. The Kier molecular flexibility index (Phi) is 3.60. The fourth-order valence-corrected chi connectivity index (χ4v) is 2.23. The Labute approximate surface area is 114 Å². The van der Waals surface area contributed by atoms with Crippen LogP contribution in [0.5, 0.6) is 5.75 Å². The minimum atomic E-state index is 0.619. The summed E-state index contributed by atoms with van der Waals surface area (Å²) in [7, 11) is 0. The number of para-hydroxylation sites is 1. The summed E-state index contributed by atoms with van der Waals surface area (Å²) in [6.07, 6.45) is 3.54. The Morgan fingerprint density at radius 3 is 2.89 bits per heavy atom. The van der Waals surface area contributed by atoms with Crippen molar-refractivity contribution >= 4 is 17.5 Å². The Morgan fingerprint density at radius 1 is 1.16 bits per heavy atom. The second-order valence-electron chi connectivity index (χ2n) is 3.77. The van der Waals surface area contributed by atoms with Gasteiger partial charge in [-0.3, -0.25) is 0 Å². The highest BCUT2D eigenvalue weighted by Crippen LogP contribution is 2.14. The third-order valence-electron chi connectivity index (χ3n) is 2.42. The number of fused-ring (bicyclic) bond motifs is 1. The first kappa shape index (κ1) is 12.0. The van der Waals surface area contributed by atoms with E-state index in [9.17, 15) is 0 Å². The summed E-state index contributed by atoms with van der Waals surface area (Å²) < 4.78 is 7.27. The molecule has 1 aromatic carbocycles. The molecule has 0 saturated heterocycles. The number of thioether (sulfide) groups is 1. The van der Waals surface area contributed by atoms with E-state index in [2.05, 4.69) is 15.1 Å². The molecule has 0 saturated carbocycles. The average Bonchev–Trinajstić information content (AvgIpc) is 2.87. The van der Waals surface area contributed by atoms with Gasteiger partial charge in [0.1, 0.15) is 5.75 Å². The van der Waals surface area contributed by atoms with Gasteiger partial charge in [0.15, 0.2) is 0 Å². The predicted molar refractivity (Wildman–Crippen MR) is 73.4 cm³/mol. The summed E-state index contributed by atoms with van der Waals surface area (Å²) in [6.45, 7) is 0.623. The molecule has 2 aromatic heterocycles. The molecule has 0 aliphatic heterocycles. The summed E-state index contributed by atoms with van der Waals surface area (Å²) in [5.74, 6) is 2.30. The molecule has 96 valence electrons. The second-order valence-corrected chi connectivity index (χ2v) is 4.83. The van der Waals surface area contributed by atoms with Gasteiger partial charge >= 0.3 is 0 Å². The van der Waals surface area contributed by atoms with Crippen LogP contribution in [-0.2, 0) is 0 Å². The summed E-state index contributed by atoms with van der Waals surface area (Å²) in [5.41, 5.74) is 0. The smallest absolute Gasteiger partial charge is 0.253 e. The van der Waals surface area contributed by atoms with E-state index in [1.54, 1.807) is 22.5 Å². The third kappa shape index (κ3) is 3.03. The summed E-state index contributed by atoms with van der Waals surface area (Å²) >= 11 is 1.56. The monoisotopic (exact) mass is 272 g/mol. The van der Waals surface area contributed by atoms with Crippen molar-refractivity contribution in [1.82, 2.24) is 19.6 Å². The van der Waals surface area contributed by atoms with E-state index in [0.717, 1.165) is 16.7 Å². The summed E-state index contributed by atoms with van der Waals surface area (Å²) in [4.78, 5) is 8.43. The number of ether oxygens (including phenoxy) is 1. The van der Waals surface area contributed by atoms with Crippen molar-refractivity contribution < 1.29 is 4.74 Å². The molecule has 3 aromatic rings. The van der Waals surface area contributed by atoms with E-state index in [-0.39, 0.29) is 0 Å². The number of hydrogen-bond donors (Lipinski definition) is 0. The van der Waals surface area contributed by atoms with Crippen molar-refractivity contribution in [2.75, 3.05) is 12.4 Å². The molecule has 0 aliphatic rings. The zero-order valence-corrected chi connectivity index (χ0v) is 11.0. The molecule has 2 heterocycles. The fraction of sp³-hybridized carbons (Fsp3) is 0.154. The van der Waals surface area contributed by atoms with Crippen molar-refractivity contribution in [3.05, 3.63) is 48.8 Å². The van der Waals surface area contributed by atoms with E-state index < -0.39 is 0 Å². The highest BCUT2D eigenvalue weighted by Gasteiger charge is 2.04. The molecule has 0 fully saturated rings. The van der Waals surface area contributed by atoms with Crippen molar-refractivity contribution in [1.29, 1.82) is 0 Å². The van der Waals surface area contributed by atoms with Crippen LogP contribution < -0.4 is 4.74 Å². The molecule has 19 heavy (non-hydrogen) atoms. The minimum Gasteiger partial charge on any atom is -0.493 e. The predicted octanol–water partition coefficient (Wildman–Crippen LogP) is 2.30. The molecule has 0 unspecified atom stereocenters. The molecular formula is C13H12N4OS. The molecule has 0 aliphatic carbocycles. The van der Waals surface area contributed by atoms with Gasteiger partial charge in [-0.2, -0.15) is 4.98 Å². The fourth-order valence-electron chi connectivity index (χ4n) is 1.58. The number of nitrogens with zero attached hydrogens (tertiary/aromatic N) is 4. The van der Waals surface area contributed by atoms with Gasteiger partial charge in [0.25, 0.3) is 5.78 Å². The van der Waals surface area contributed by atoms with Crippen molar-refractivity contribution in [3.63, 3.8) is 0 Å². The van der Waals surface area contributed by atoms with Crippen molar-refractivity contribution in [2.24, 2.45) is 0 Å². The zero-order chi connectivity index (χ0) is 12.9. The molecule has 0 atom stereocenters. The van der Waals surface area contributed by atoms with Crippen LogP contribution in [0.2, 0.25) is 0 Å². The number of benzene rings is 1. The van der Waals surface area contributed by atoms with Crippen LogP contribution in [0.25, 0.3) is 5.78 Å². The first-order valence-electron chi connectivity index (χ1n) is 5.90. The molecule has 3 rings (SSSR count). The Morgan fingerprint density at radius 2 is 2.05 bits per heavy atom. The quantitative estimate of drug-likeness (QED) is 0.527.